The van der Waals surface area contributed by atoms with E-state index in [1.807, 2.05) is 0 Å². The van der Waals surface area contributed by atoms with Crippen LogP contribution in [0.5, 0.6) is 5.75 Å². The average Bonchev–Trinajstić information content (AvgIpc) is 2.15. The third-order valence-corrected chi connectivity index (χ3v) is 1.71. The molecule has 0 saturated heterocycles. The van der Waals surface area contributed by atoms with Crippen molar-refractivity contribution in [3.8, 4) is 5.75 Å². The molecule has 0 fully saturated rings. The van der Waals surface area contributed by atoms with Crippen LogP contribution in [0.1, 0.15) is 5.56 Å². The number of ether oxygens (including phenoxy) is 1. The van der Waals surface area contributed by atoms with Gasteiger partial charge in [-0.15, -0.1) is 13.2 Å². The van der Waals surface area contributed by atoms with E-state index in [0.717, 1.165) is 12.1 Å². The van der Waals surface area contributed by atoms with Crippen LogP contribution in [-0.4, -0.2) is 11.3 Å². The predicted octanol–water partition coefficient (Wildman–Crippen LogP) is 1.95. The minimum Gasteiger partial charge on any atom is -0.406 e. The maximum absolute atomic E-state index is 11.8. The third-order valence-electron chi connectivity index (χ3n) is 1.71. The van der Waals surface area contributed by atoms with Crippen molar-refractivity contribution in [2.24, 2.45) is 5.73 Å². The van der Waals surface area contributed by atoms with Gasteiger partial charge in [0.2, 0.25) is 0 Å². The molecule has 0 amide bonds. The maximum Gasteiger partial charge on any atom is 0.573 e. The second-order valence-corrected chi connectivity index (χ2v) is 2.80. The Balaban J connectivity index is 3.07. The highest BCUT2D eigenvalue weighted by atomic mass is 19.4. The van der Waals surface area contributed by atoms with Crippen LogP contribution in [0.4, 0.5) is 18.9 Å². The molecule has 0 spiro atoms. The lowest BCUT2D eigenvalue weighted by Crippen LogP contribution is -2.17. The van der Waals surface area contributed by atoms with Crippen molar-refractivity contribution in [3.63, 3.8) is 0 Å². The van der Waals surface area contributed by atoms with Gasteiger partial charge in [-0.2, -0.15) is 0 Å². The van der Waals surface area contributed by atoms with Gasteiger partial charge in [-0.05, 0) is 12.1 Å². The highest BCUT2D eigenvalue weighted by Gasteiger charge is 2.31. The molecule has 88 valence electrons. The van der Waals surface area contributed by atoms with Crippen LogP contribution >= 0.6 is 0 Å². The molecule has 0 bridgehead atoms. The summed E-state index contributed by atoms with van der Waals surface area (Å²) in [6.45, 7) is -0.136. The molecule has 0 aliphatic carbocycles. The van der Waals surface area contributed by atoms with Gasteiger partial charge in [0.25, 0.3) is 5.69 Å². The second kappa shape index (κ2) is 4.35. The predicted molar refractivity (Wildman–Crippen MR) is 47.7 cm³/mol. The van der Waals surface area contributed by atoms with E-state index < -0.39 is 22.7 Å². The molecule has 0 aliphatic heterocycles. The van der Waals surface area contributed by atoms with E-state index in [9.17, 15) is 23.3 Å². The quantitative estimate of drug-likeness (QED) is 0.642. The standard InChI is InChI=1S/C8H7F3N2O3/c9-8(10,11)16-6-2-1-5(4-12)7(3-6)13(14)15/h1-3H,4,12H2. The molecular weight excluding hydrogens is 229 g/mol. The Morgan fingerprint density at radius 2 is 2.06 bits per heavy atom. The summed E-state index contributed by atoms with van der Waals surface area (Å²) in [7, 11) is 0. The van der Waals surface area contributed by atoms with E-state index in [4.69, 9.17) is 5.73 Å². The lowest BCUT2D eigenvalue weighted by atomic mass is 10.2. The van der Waals surface area contributed by atoms with E-state index in [0.29, 0.717) is 6.07 Å². The normalized spacial score (nSPS) is 11.2. The van der Waals surface area contributed by atoms with Crippen LogP contribution in [-0.2, 0) is 6.54 Å². The van der Waals surface area contributed by atoms with Gasteiger partial charge < -0.3 is 10.5 Å². The second-order valence-electron chi connectivity index (χ2n) is 2.80. The molecule has 2 N–H and O–H groups in total. The molecule has 1 aromatic carbocycles. The van der Waals surface area contributed by atoms with E-state index in [-0.39, 0.29) is 12.1 Å². The van der Waals surface area contributed by atoms with Crippen LogP contribution in [0.2, 0.25) is 0 Å². The summed E-state index contributed by atoms with van der Waals surface area (Å²) in [5.41, 5.74) is 4.84. The first kappa shape index (κ1) is 12.2. The lowest BCUT2D eigenvalue weighted by molar-refractivity contribution is -0.385. The van der Waals surface area contributed by atoms with E-state index in [1.54, 1.807) is 0 Å². The van der Waals surface area contributed by atoms with Gasteiger partial charge in [-0.25, -0.2) is 0 Å². The fraction of sp³-hybridized carbons (Fsp3) is 0.250. The summed E-state index contributed by atoms with van der Waals surface area (Å²) in [5, 5.41) is 10.5. The van der Waals surface area contributed by atoms with Crippen LogP contribution in [0, 0.1) is 10.1 Å². The molecule has 0 saturated carbocycles. The fourth-order valence-electron chi connectivity index (χ4n) is 1.08. The molecule has 0 atom stereocenters. The first-order chi connectivity index (χ1) is 7.33. The molecule has 8 heteroatoms. The van der Waals surface area contributed by atoms with Gasteiger partial charge >= 0.3 is 6.36 Å². The molecule has 0 aromatic heterocycles. The summed E-state index contributed by atoms with van der Waals surface area (Å²) in [4.78, 5) is 9.70. The number of hydrogen-bond donors (Lipinski definition) is 1. The van der Waals surface area contributed by atoms with Gasteiger partial charge in [0, 0.05) is 12.1 Å². The van der Waals surface area contributed by atoms with Crippen LogP contribution < -0.4 is 10.5 Å². The van der Waals surface area contributed by atoms with E-state index in [2.05, 4.69) is 4.74 Å². The first-order valence-corrected chi connectivity index (χ1v) is 4.06. The van der Waals surface area contributed by atoms with Crippen molar-refractivity contribution in [3.05, 3.63) is 33.9 Å². The van der Waals surface area contributed by atoms with Crippen molar-refractivity contribution in [2.45, 2.75) is 12.9 Å². The smallest absolute Gasteiger partial charge is 0.406 e. The minimum absolute atomic E-state index is 0.136. The number of nitro benzene ring substituents is 1. The van der Waals surface area contributed by atoms with Crippen molar-refractivity contribution < 1.29 is 22.8 Å². The van der Waals surface area contributed by atoms with Crippen LogP contribution in [0.15, 0.2) is 18.2 Å². The summed E-state index contributed by atoms with van der Waals surface area (Å²) < 4.78 is 39.1. The highest BCUT2D eigenvalue weighted by molar-refractivity contribution is 5.45. The number of nitrogens with two attached hydrogens (primary N) is 1. The number of rotatable bonds is 3. The molecule has 0 heterocycles. The SMILES string of the molecule is NCc1ccc(OC(F)(F)F)cc1[N+](=O)[O-]. The topological polar surface area (TPSA) is 78.4 Å². The summed E-state index contributed by atoms with van der Waals surface area (Å²) in [6.07, 6.45) is -4.88. The number of nitrogens with zero attached hydrogens (tertiary/aromatic N) is 1. The molecule has 0 unspecified atom stereocenters. The molecular formula is C8H7F3N2O3. The first-order valence-electron chi connectivity index (χ1n) is 4.06. The number of nitro groups is 1. The van der Waals surface area contributed by atoms with Crippen LogP contribution in [0.25, 0.3) is 0 Å². The highest BCUT2D eigenvalue weighted by Crippen LogP contribution is 2.28. The van der Waals surface area contributed by atoms with Crippen molar-refractivity contribution in [1.29, 1.82) is 0 Å². The van der Waals surface area contributed by atoms with E-state index in [1.165, 1.54) is 0 Å². The molecule has 0 aliphatic rings. The maximum atomic E-state index is 11.8. The van der Waals surface area contributed by atoms with Crippen molar-refractivity contribution in [2.75, 3.05) is 0 Å². The Labute approximate surface area is 87.8 Å². The molecule has 16 heavy (non-hydrogen) atoms. The third kappa shape index (κ3) is 3.09. The molecule has 1 rings (SSSR count). The van der Waals surface area contributed by atoms with Gasteiger partial charge in [0.1, 0.15) is 5.75 Å². The summed E-state index contributed by atoms with van der Waals surface area (Å²) in [5.74, 6) is -0.642. The zero-order valence-electron chi connectivity index (χ0n) is 7.82. The zero-order chi connectivity index (χ0) is 12.3. The number of hydrogen-bond acceptors (Lipinski definition) is 4. The molecule has 0 radical (unpaired) electrons. The number of halogens is 3. The summed E-state index contributed by atoms with van der Waals surface area (Å²) in [6, 6.07) is 2.79. The zero-order valence-corrected chi connectivity index (χ0v) is 7.82. The fourth-order valence-corrected chi connectivity index (χ4v) is 1.08. The van der Waals surface area contributed by atoms with E-state index >= 15 is 0 Å². The Bertz CT molecular complexity index is 406. The van der Waals surface area contributed by atoms with Crippen LogP contribution in [0.3, 0.4) is 0 Å². The average molecular weight is 236 g/mol. The lowest BCUT2D eigenvalue weighted by Gasteiger charge is -2.09. The van der Waals surface area contributed by atoms with Gasteiger partial charge in [0.05, 0.1) is 11.0 Å². The monoisotopic (exact) mass is 236 g/mol. The largest absolute Gasteiger partial charge is 0.573 e. The Kier molecular flexibility index (Phi) is 3.33. The number of alkyl halides is 3. The van der Waals surface area contributed by atoms with Gasteiger partial charge in [0.15, 0.2) is 0 Å². The van der Waals surface area contributed by atoms with Crippen molar-refractivity contribution in [1.82, 2.24) is 0 Å². The Morgan fingerprint density at radius 3 is 2.50 bits per heavy atom. The molecule has 1 aromatic rings. The Hall–Kier alpha value is -1.83. The number of benzene rings is 1. The minimum atomic E-state index is -4.88. The Morgan fingerprint density at radius 1 is 1.44 bits per heavy atom. The van der Waals surface area contributed by atoms with Gasteiger partial charge in [-0.3, -0.25) is 10.1 Å². The molecule has 5 nitrogen and oxygen atoms in total. The van der Waals surface area contributed by atoms with Crippen molar-refractivity contribution >= 4 is 5.69 Å². The summed E-state index contributed by atoms with van der Waals surface area (Å²) >= 11 is 0. The van der Waals surface area contributed by atoms with Gasteiger partial charge in [-0.1, -0.05) is 0 Å².